The maximum absolute atomic E-state index is 11.7. The lowest BCUT2D eigenvalue weighted by atomic mass is 10.1. The first-order valence-electron chi connectivity index (χ1n) is 16.1. The minimum absolute atomic E-state index is 0.00238. The Morgan fingerprint density at radius 1 is 0.460 bits per heavy atom. The molecule has 0 amide bonds. The number of aliphatic hydroxyl groups is 5. The Hall–Kier alpha value is -4.16. The van der Waals surface area contributed by atoms with Crippen molar-refractivity contribution in [3.8, 4) is 0 Å². The molecular weight excluding hydrogens is 668 g/mol. The predicted octanol–water partition coefficient (Wildman–Crippen LogP) is 2.73. The first-order chi connectivity index (χ1) is 23.9. The summed E-state index contributed by atoms with van der Waals surface area (Å²) in [5.74, 6) is -5.69. The van der Waals surface area contributed by atoms with Gasteiger partial charge in [-0.2, -0.15) is 0 Å². The van der Waals surface area contributed by atoms with Crippen LogP contribution in [-0.4, -0.2) is 134 Å². The molecule has 0 rings (SSSR count). The van der Waals surface area contributed by atoms with E-state index in [-0.39, 0.29) is 91.8 Å². The molecule has 286 valence electrons. The zero-order valence-corrected chi connectivity index (χ0v) is 29.1. The zero-order chi connectivity index (χ0) is 37.7. The summed E-state index contributed by atoms with van der Waals surface area (Å²) in [4.78, 5) is 46.5. The van der Waals surface area contributed by atoms with Crippen LogP contribution in [0.5, 0.6) is 0 Å². The Balaban J connectivity index is 5.39. The van der Waals surface area contributed by atoms with Crippen LogP contribution in [0.3, 0.4) is 0 Å². The molecule has 17 nitrogen and oxygen atoms in total. The molecule has 0 aromatic rings. The molecule has 0 aromatic heterocycles. The highest BCUT2D eigenvalue weighted by atomic mass is 16.6. The van der Waals surface area contributed by atoms with Crippen LogP contribution in [0.2, 0.25) is 0 Å². The van der Waals surface area contributed by atoms with E-state index in [1.807, 2.05) is 0 Å². The van der Waals surface area contributed by atoms with Gasteiger partial charge in [0, 0.05) is 38.9 Å². The van der Waals surface area contributed by atoms with Crippen LogP contribution in [0, 0.1) is 0 Å². The highest BCUT2D eigenvalue weighted by Gasteiger charge is 2.30. The van der Waals surface area contributed by atoms with Gasteiger partial charge in [-0.1, -0.05) is 0 Å². The van der Waals surface area contributed by atoms with E-state index in [0.717, 1.165) is 0 Å². The number of carbonyl (C=O) groups excluding carboxylic acids is 4. The quantitative estimate of drug-likeness (QED) is 0.0256. The predicted molar refractivity (Wildman–Crippen MR) is 175 cm³/mol. The van der Waals surface area contributed by atoms with Gasteiger partial charge in [-0.15, -0.1) is 0 Å². The van der Waals surface area contributed by atoms with Crippen LogP contribution >= 0.6 is 0 Å². The molecule has 50 heavy (non-hydrogen) atoms. The number of hydrogen-bond donors (Lipinski definition) is 5. The molecule has 0 aliphatic carbocycles. The fraction of sp³-hybridized carbons (Fsp3) is 0.636. The van der Waals surface area contributed by atoms with Gasteiger partial charge in [-0.05, 0) is 52.0 Å². The van der Waals surface area contributed by atoms with Gasteiger partial charge in [0.1, 0.15) is 18.3 Å². The summed E-state index contributed by atoms with van der Waals surface area (Å²) in [6.45, 7) is 5.48. The van der Waals surface area contributed by atoms with Crippen LogP contribution in [0.1, 0.15) is 53.4 Å². The summed E-state index contributed by atoms with van der Waals surface area (Å²) in [5, 5.41) is 49.0. The second-order valence-corrected chi connectivity index (χ2v) is 10.1. The molecule has 0 aromatic carbocycles. The van der Waals surface area contributed by atoms with E-state index < -0.39 is 65.2 Å². The van der Waals surface area contributed by atoms with Crippen molar-refractivity contribution in [2.45, 2.75) is 71.7 Å². The summed E-state index contributed by atoms with van der Waals surface area (Å²) in [6, 6.07) is 0. The lowest BCUT2D eigenvalue weighted by molar-refractivity contribution is -0.155. The third-order valence-electron chi connectivity index (χ3n) is 6.30. The van der Waals surface area contributed by atoms with Crippen molar-refractivity contribution in [3.05, 3.63) is 47.3 Å². The maximum Gasteiger partial charge on any atom is 0.373 e. The molecule has 0 fully saturated rings. The summed E-state index contributed by atoms with van der Waals surface area (Å²) >= 11 is 0. The van der Waals surface area contributed by atoms with Crippen molar-refractivity contribution in [2.75, 3.05) is 66.1 Å². The minimum Gasteiger partial charge on any atom is -0.502 e. The molecule has 0 aliphatic rings. The van der Waals surface area contributed by atoms with Crippen molar-refractivity contribution in [1.29, 1.82) is 0 Å². The lowest BCUT2D eigenvalue weighted by Gasteiger charge is -2.30. The van der Waals surface area contributed by atoms with Crippen molar-refractivity contribution >= 4 is 23.9 Å². The molecule has 0 aliphatic heterocycles. The van der Waals surface area contributed by atoms with Crippen LogP contribution in [-0.2, 0) is 57.1 Å². The monoisotopic (exact) mass is 720 g/mol. The van der Waals surface area contributed by atoms with Crippen molar-refractivity contribution < 1.29 is 82.6 Å². The average Bonchev–Trinajstić information content (AvgIpc) is 3.12. The normalized spacial score (nSPS) is 14.4. The smallest absolute Gasteiger partial charge is 0.373 e. The van der Waals surface area contributed by atoms with Crippen molar-refractivity contribution in [1.82, 2.24) is 0 Å². The summed E-state index contributed by atoms with van der Waals surface area (Å²) in [6.07, 6.45) is 2.32. The molecule has 2 atom stereocenters. The Labute approximate surface area is 291 Å². The molecule has 0 bridgehead atoms. The van der Waals surface area contributed by atoms with E-state index in [4.69, 9.17) is 37.9 Å². The molecule has 17 heteroatoms. The Morgan fingerprint density at radius 3 is 0.980 bits per heavy atom. The third kappa shape index (κ3) is 21.0. The molecule has 0 saturated carbocycles. The van der Waals surface area contributed by atoms with Crippen molar-refractivity contribution in [3.63, 3.8) is 0 Å². The zero-order valence-electron chi connectivity index (χ0n) is 29.1. The van der Waals surface area contributed by atoms with E-state index in [1.165, 1.54) is 52.0 Å². The number of allylic oxidation sites excluding steroid dienone is 4. The average molecular weight is 721 g/mol. The molecule has 5 N–H and O–H groups in total. The Bertz CT molecular complexity index is 1040. The standard InChI is InChI=1S/C33H52O17/c1-5-23(34)30(39)47-17-9-13-43-21-27(45-15-11-19-49-32(41)25(36)7-3)29(38)28(46-16-12-20-50-33(42)26(37)8-4)22-44-14-10-18-48-31(40)24(35)6-2/h5-8,27-29,34-38H,9-22H2,1-4H3. The summed E-state index contributed by atoms with van der Waals surface area (Å²) < 4.78 is 42.7. The number of carbonyl (C=O) groups is 4. The minimum atomic E-state index is -1.35. The van der Waals surface area contributed by atoms with Crippen LogP contribution in [0.4, 0.5) is 0 Å². The van der Waals surface area contributed by atoms with Crippen LogP contribution in [0.25, 0.3) is 0 Å². The molecule has 2 unspecified atom stereocenters. The van der Waals surface area contributed by atoms with Gasteiger partial charge >= 0.3 is 23.9 Å². The largest absolute Gasteiger partial charge is 0.502 e. The van der Waals surface area contributed by atoms with Gasteiger partial charge in [0.2, 0.25) is 0 Å². The first kappa shape index (κ1) is 45.8. The molecule has 0 radical (unpaired) electrons. The number of esters is 4. The van der Waals surface area contributed by atoms with E-state index in [9.17, 15) is 44.7 Å². The van der Waals surface area contributed by atoms with Crippen molar-refractivity contribution in [2.24, 2.45) is 0 Å². The van der Waals surface area contributed by atoms with Gasteiger partial charge < -0.3 is 63.4 Å². The van der Waals surface area contributed by atoms with E-state index in [1.54, 1.807) is 0 Å². The SMILES string of the molecule is CC=C(O)C(=O)OCCCOCC(OCCCOC(=O)C(O)=CC)C(O)C(COCCCOC(=O)C(O)=CC)OCCCOC(=O)C(O)=CC. The molecule has 0 heterocycles. The third-order valence-corrected chi connectivity index (χ3v) is 6.30. The first-order valence-corrected chi connectivity index (χ1v) is 16.1. The van der Waals surface area contributed by atoms with Gasteiger partial charge in [0.15, 0.2) is 23.0 Å². The van der Waals surface area contributed by atoms with Gasteiger partial charge in [-0.3, -0.25) is 0 Å². The van der Waals surface area contributed by atoms with Gasteiger partial charge in [-0.25, -0.2) is 19.2 Å². The number of hydrogen-bond acceptors (Lipinski definition) is 17. The fourth-order valence-electron chi connectivity index (χ4n) is 3.46. The summed E-state index contributed by atoms with van der Waals surface area (Å²) in [7, 11) is 0. The second kappa shape index (κ2) is 28.7. The molecular formula is C33H52O17. The van der Waals surface area contributed by atoms with Crippen LogP contribution in [0.15, 0.2) is 47.3 Å². The Kier molecular flexibility index (Phi) is 26.3. The summed E-state index contributed by atoms with van der Waals surface area (Å²) in [5.41, 5.74) is 0. The highest BCUT2D eigenvalue weighted by Crippen LogP contribution is 2.13. The fourth-order valence-corrected chi connectivity index (χ4v) is 3.46. The van der Waals surface area contributed by atoms with Gasteiger partial charge in [0.25, 0.3) is 0 Å². The molecule has 0 saturated heterocycles. The topological polar surface area (TPSA) is 243 Å². The van der Waals surface area contributed by atoms with Gasteiger partial charge in [0.05, 0.1) is 52.9 Å². The Morgan fingerprint density at radius 2 is 0.720 bits per heavy atom. The van der Waals surface area contributed by atoms with E-state index in [2.05, 4.69) is 0 Å². The highest BCUT2D eigenvalue weighted by molar-refractivity contribution is 5.86. The van der Waals surface area contributed by atoms with E-state index >= 15 is 0 Å². The number of ether oxygens (including phenoxy) is 8. The second-order valence-electron chi connectivity index (χ2n) is 10.1. The number of aliphatic hydroxyl groups excluding tert-OH is 5. The van der Waals surface area contributed by atoms with Crippen LogP contribution < -0.4 is 0 Å². The lowest BCUT2D eigenvalue weighted by Crippen LogP contribution is -2.46. The number of rotatable bonds is 28. The molecule has 0 spiro atoms. The maximum atomic E-state index is 11.7. The van der Waals surface area contributed by atoms with E-state index in [0.29, 0.717) is 0 Å².